The summed E-state index contributed by atoms with van der Waals surface area (Å²) >= 11 is 5.76. The molecule has 84 valence electrons. The van der Waals surface area contributed by atoms with Crippen molar-refractivity contribution in [2.24, 2.45) is 0 Å². The second kappa shape index (κ2) is 4.63. The lowest BCUT2D eigenvalue weighted by atomic mass is 10.1. The van der Waals surface area contributed by atoms with Crippen molar-refractivity contribution in [2.45, 2.75) is 19.4 Å². The topological polar surface area (TPSA) is 59.2 Å². The maximum Gasteiger partial charge on any atom is 0.223 e. The maximum atomic E-state index is 9.91. The van der Waals surface area contributed by atoms with Gasteiger partial charge < -0.3 is 9.63 Å². The highest BCUT2D eigenvalue weighted by Gasteiger charge is 2.12. The van der Waals surface area contributed by atoms with Gasteiger partial charge in [0, 0.05) is 18.4 Å². The Morgan fingerprint density at radius 1 is 1.38 bits per heavy atom. The Hall–Kier alpha value is -1.39. The van der Waals surface area contributed by atoms with Crippen LogP contribution in [0.4, 0.5) is 0 Å². The number of aryl methyl sites for hydroxylation is 1. The minimum Gasteiger partial charge on any atom is -0.388 e. The van der Waals surface area contributed by atoms with Crippen LogP contribution in [0.5, 0.6) is 0 Å². The summed E-state index contributed by atoms with van der Waals surface area (Å²) in [5.41, 5.74) is 0.784. The number of aromatic nitrogens is 2. The zero-order valence-electron chi connectivity index (χ0n) is 8.72. The third-order valence-electron chi connectivity index (χ3n) is 2.20. The van der Waals surface area contributed by atoms with E-state index in [1.54, 1.807) is 31.2 Å². The van der Waals surface area contributed by atoms with Crippen molar-refractivity contribution in [3.63, 3.8) is 0 Å². The van der Waals surface area contributed by atoms with E-state index in [1.807, 2.05) is 0 Å². The van der Waals surface area contributed by atoms with Crippen LogP contribution in [0, 0.1) is 6.92 Å². The third-order valence-corrected chi connectivity index (χ3v) is 2.45. The van der Waals surface area contributed by atoms with Gasteiger partial charge in [-0.3, -0.25) is 0 Å². The first-order valence-corrected chi connectivity index (χ1v) is 5.25. The lowest BCUT2D eigenvalue weighted by Crippen LogP contribution is -2.03. The Kier molecular flexibility index (Phi) is 3.22. The van der Waals surface area contributed by atoms with Gasteiger partial charge in [-0.1, -0.05) is 28.9 Å². The van der Waals surface area contributed by atoms with Crippen LogP contribution in [0.3, 0.4) is 0 Å². The first-order valence-electron chi connectivity index (χ1n) is 4.88. The Labute approximate surface area is 97.9 Å². The minimum atomic E-state index is -0.644. The second-order valence-electron chi connectivity index (χ2n) is 3.50. The molecule has 1 unspecified atom stereocenters. The van der Waals surface area contributed by atoms with Crippen LogP contribution in [-0.4, -0.2) is 15.2 Å². The monoisotopic (exact) mass is 238 g/mol. The smallest absolute Gasteiger partial charge is 0.223 e. The van der Waals surface area contributed by atoms with E-state index in [4.69, 9.17) is 16.1 Å². The van der Waals surface area contributed by atoms with Gasteiger partial charge in [-0.05, 0) is 17.7 Å². The average Bonchev–Trinajstić information content (AvgIpc) is 2.65. The average molecular weight is 239 g/mol. The molecule has 1 atom stereocenters. The number of aliphatic hydroxyl groups excluding tert-OH is 1. The van der Waals surface area contributed by atoms with Crippen molar-refractivity contribution < 1.29 is 9.63 Å². The molecule has 0 aliphatic carbocycles. The maximum absolute atomic E-state index is 9.91. The summed E-state index contributed by atoms with van der Waals surface area (Å²) in [5, 5.41) is 14.3. The SMILES string of the molecule is Cc1nc(CC(O)c2ccc(Cl)cc2)no1. The van der Waals surface area contributed by atoms with Gasteiger partial charge in [0.25, 0.3) is 0 Å². The van der Waals surface area contributed by atoms with Crippen LogP contribution in [0.25, 0.3) is 0 Å². The summed E-state index contributed by atoms with van der Waals surface area (Å²) < 4.78 is 4.83. The number of benzene rings is 1. The molecule has 1 aromatic carbocycles. The summed E-state index contributed by atoms with van der Waals surface area (Å²) in [6.07, 6.45) is -0.312. The summed E-state index contributed by atoms with van der Waals surface area (Å²) in [6, 6.07) is 7.03. The molecule has 0 aliphatic rings. The van der Waals surface area contributed by atoms with Crippen LogP contribution >= 0.6 is 11.6 Å². The van der Waals surface area contributed by atoms with Crippen LogP contribution < -0.4 is 0 Å². The summed E-state index contributed by atoms with van der Waals surface area (Å²) in [6.45, 7) is 1.71. The molecule has 0 fully saturated rings. The minimum absolute atomic E-state index is 0.332. The molecule has 0 saturated heterocycles. The Morgan fingerprint density at radius 3 is 2.62 bits per heavy atom. The predicted molar refractivity (Wildman–Crippen MR) is 59.2 cm³/mol. The Balaban J connectivity index is 2.08. The second-order valence-corrected chi connectivity index (χ2v) is 3.94. The van der Waals surface area contributed by atoms with Gasteiger partial charge in [-0.25, -0.2) is 0 Å². The van der Waals surface area contributed by atoms with Crippen molar-refractivity contribution in [3.05, 3.63) is 46.6 Å². The fourth-order valence-corrected chi connectivity index (χ4v) is 1.53. The molecule has 2 rings (SSSR count). The Morgan fingerprint density at radius 2 is 2.06 bits per heavy atom. The molecule has 2 aromatic rings. The molecular weight excluding hydrogens is 228 g/mol. The highest BCUT2D eigenvalue weighted by atomic mass is 35.5. The van der Waals surface area contributed by atoms with Crippen molar-refractivity contribution in [3.8, 4) is 0 Å². The third kappa shape index (κ3) is 2.59. The van der Waals surface area contributed by atoms with Crippen molar-refractivity contribution in [2.75, 3.05) is 0 Å². The van der Waals surface area contributed by atoms with Crippen LogP contribution in [0.2, 0.25) is 5.02 Å². The van der Waals surface area contributed by atoms with Crippen molar-refractivity contribution in [1.29, 1.82) is 0 Å². The number of nitrogens with zero attached hydrogens (tertiary/aromatic N) is 2. The molecule has 16 heavy (non-hydrogen) atoms. The highest BCUT2D eigenvalue weighted by molar-refractivity contribution is 6.30. The van der Waals surface area contributed by atoms with E-state index < -0.39 is 6.10 Å². The molecular formula is C11H11ClN2O2. The van der Waals surface area contributed by atoms with Crippen molar-refractivity contribution in [1.82, 2.24) is 10.1 Å². The van der Waals surface area contributed by atoms with Gasteiger partial charge in [0.1, 0.15) is 0 Å². The van der Waals surface area contributed by atoms with Crippen LogP contribution in [-0.2, 0) is 6.42 Å². The molecule has 1 heterocycles. The fourth-order valence-electron chi connectivity index (χ4n) is 1.40. The standard InChI is InChI=1S/C11H11ClN2O2/c1-7-13-11(14-16-7)6-10(15)8-2-4-9(12)5-3-8/h2-5,10,15H,6H2,1H3. The van der Waals surface area contributed by atoms with Gasteiger partial charge in [0.05, 0.1) is 6.10 Å². The predicted octanol–water partition coefficient (Wildman–Crippen LogP) is 2.31. The van der Waals surface area contributed by atoms with E-state index in [0.717, 1.165) is 5.56 Å². The largest absolute Gasteiger partial charge is 0.388 e. The van der Waals surface area contributed by atoms with E-state index in [9.17, 15) is 5.11 Å². The molecule has 4 nitrogen and oxygen atoms in total. The lowest BCUT2D eigenvalue weighted by Gasteiger charge is -2.07. The first-order chi connectivity index (χ1) is 7.65. The lowest BCUT2D eigenvalue weighted by molar-refractivity contribution is 0.174. The number of rotatable bonds is 3. The van der Waals surface area contributed by atoms with Crippen LogP contribution in [0.1, 0.15) is 23.4 Å². The van der Waals surface area contributed by atoms with Crippen molar-refractivity contribution >= 4 is 11.6 Å². The zero-order valence-corrected chi connectivity index (χ0v) is 9.48. The molecule has 0 bridgehead atoms. The molecule has 0 amide bonds. The Bertz CT molecular complexity index is 467. The van der Waals surface area contributed by atoms with E-state index in [0.29, 0.717) is 23.2 Å². The summed E-state index contributed by atoms with van der Waals surface area (Å²) in [4.78, 5) is 4.03. The number of aliphatic hydroxyl groups is 1. The van der Waals surface area contributed by atoms with Gasteiger partial charge in [-0.15, -0.1) is 0 Å². The van der Waals surface area contributed by atoms with Crippen LogP contribution in [0.15, 0.2) is 28.8 Å². The zero-order chi connectivity index (χ0) is 11.5. The van der Waals surface area contributed by atoms with Gasteiger partial charge in [-0.2, -0.15) is 4.98 Å². The molecule has 0 saturated carbocycles. The van der Waals surface area contributed by atoms with Gasteiger partial charge in [0.15, 0.2) is 5.82 Å². The molecule has 0 radical (unpaired) electrons. The summed E-state index contributed by atoms with van der Waals surface area (Å²) in [5.74, 6) is 0.998. The molecule has 1 N–H and O–H groups in total. The molecule has 5 heteroatoms. The molecule has 0 aliphatic heterocycles. The normalized spacial score (nSPS) is 12.7. The number of hydrogen-bond acceptors (Lipinski definition) is 4. The molecule has 1 aromatic heterocycles. The van der Waals surface area contributed by atoms with E-state index >= 15 is 0 Å². The van der Waals surface area contributed by atoms with E-state index in [2.05, 4.69) is 10.1 Å². The quantitative estimate of drug-likeness (QED) is 0.892. The van der Waals surface area contributed by atoms with Gasteiger partial charge in [0.2, 0.25) is 5.89 Å². The number of hydrogen-bond donors (Lipinski definition) is 1. The van der Waals surface area contributed by atoms with E-state index in [-0.39, 0.29) is 0 Å². The first kappa shape index (κ1) is 11.1. The van der Waals surface area contributed by atoms with Gasteiger partial charge >= 0.3 is 0 Å². The molecule has 0 spiro atoms. The highest BCUT2D eigenvalue weighted by Crippen LogP contribution is 2.19. The fraction of sp³-hybridized carbons (Fsp3) is 0.273. The van der Waals surface area contributed by atoms with E-state index in [1.165, 1.54) is 0 Å². The number of halogens is 1. The summed E-state index contributed by atoms with van der Waals surface area (Å²) in [7, 11) is 0.